The highest BCUT2D eigenvalue weighted by molar-refractivity contribution is 5.24. The van der Waals surface area contributed by atoms with E-state index in [0.29, 0.717) is 0 Å². The van der Waals surface area contributed by atoms with Crippen LogP contribution in [0.5, 0.6) is 0 Å². The van der Waals surface area contributed by atoms with Gasteiger partial charge in [-0.1, -0.05) is 13.8 Å². The van der Waals surface area contributed by atoms with Crippen LogP contribution in [0, 0.1) is 23.0 Å². The standard InChI is InChI=1S/C12H14F2O/c1-12(2)6-9(12)11(15)8-5-7(13)3-4-10(8)14/h3-5,9,11,15H,6H2,1-2H3. The van der Waals surface area contributed by atoms with Gasteiger partial charge in [0.1, 0.15) is 11.6 Å². The second kappa shape index (κ2) is 3.27. The second-order valence-corrected chi connectivity index (χ2v) is 4.91. The lowest BCUT2D eigenvalue weighted by Gasteiger charge is -2.13. The first-order valence-corrected chi connectivity index (χ1v) is 5.05. The van der Waals surface area contributed by atoms with Crippen LogP contribution in [0.25, 0.3) is 0 Å². The topological polar surface area (TPSA) is 20.2 Å². The molecule has 1 N–H and O–H groups in total. The number of hydrogen-bond acceptors (Lipinski definition) is 1. The molecule has 0 aliphatic heterocycles. The molecule has 2 rings (SSSR count). The lowest BCUT2D eigenvalue weighted by atomic mass is 9.99. The van der Waals surface area contributed by atoms with Gasteiger partial charge in [0.2, 0.25) is 0 Å². The molecule has 0 saturated heterocycles. The first-order chi connectivity index (χ1) is 6.92. The highest BCUT2D eigenvalue weighted by Gasteiger charge is 2.50. The monoisotopic (exact) mass is 212 g/mol. The second-order valence-electron chi connectivity index (χ2n) is 4.91. The van der Waals surface area contributed by atoms with Crippen LogP contribution < -0.4 is 0 Å². The van der Waals surface area contributed by atoms with Crippen molar-refractivity contribution in [3.63, 3.8) is 0 Å². The molecular weight excluding hydrogens is 198 g/mol. The third kappa shape index (κ3) is 1.88. The summed E-state index contributed by atoms with van der Waals surface area (Å²) in [6.07, 6.45) is -0.0416. The zero-order valence-electron chi connectivity index (χ0n) is 8.80. The molecule has 1 aromatic carbocycles. The minimum absolute atomic E-state index is 0.0359. The number of benzene rings is 1. The first kappa shape index (κ1) is 10.6. The SMILES string of the molecule is CC1(C)CC1C(O)c1cc(F)ccc1F. The molecule has 1 aromatic rings. The summed E-state index contributed by atoms with van der Waals surface area (Å²) in [6, 6.07) is 3.20. The summed E-state index contributed by atoms with van der Waals surface area (Å²) >= 11 is 0. The average Bonchev–Trinajstić information content (AvgIpc) is 2.78. The van der Waals surface area contributed by atoms with Crippen LogP contribution in [0.15, 0.2) is 18.2 Å². The maximum Gasteiger partial charge on any atom is 0.129 e. The van der Waals surface area contributed by atoms with E-state index in [1.807, 2.05) is 13.8 Å². The number of aliphatic hydroxyl groups is 1. The predicted octanol–water partition coefficient (Wildman–Crippen LogP) is 3.04. The molecule has 2 unspecified atom stereocenters. The van der Waals surface area contributed by atoms with Crippen molar-refractivity contribution in [3.8, 4) is 0 Å². The van der Waals surface area contributed by atoms with Crippen LogP contribution >= 0.6 is 0 Å². The molecule has 15 heavy (non-hydrogen) atoms. The molecule has 1 saturated carbocycles. The minimum atomic E-state index is -0.893. The fourth-order valence-electron chi connectivity index (χ4n) is 2.00. The normalized spacial score (nSPS) is 25.0. The molecule has 0 bridgehead atoms. The summed E-state index contributed by atoms with van der Waals surface area (Å²) in [5, 5.41) is 9.89. The van der Waals surface area contributed by atoms with Gasteiger partial charge in [0.15, 0.2) is 0 Å². The van der Waals surface area contributed by atoms with Gasteiger partial charge in [0.25, 0.3) is 0 Å². The number of hydrogen-bond donors (Lipinski definition) is 1. The number of halogens is 2. The zero-order chi connectivity index (χ0) is 11.2. The molecule has 0 aromatic heterocycles. The Kier molecular flexibility index (Phi) is 2.30. The van der Waals surface area contributed by atoms with Gasteiger partial charge in [-0.05, 0) is 36.0 Å². The predicted molar refractivity (Wildman–Crippen MR) is 53.2 cm³/mol. The van der Waals surface area contributed by atoms with Crippen LogP contribution in [0.3, 0.4) is 0 Å². The van der Waals surface area contributed by atoms with E-state index in [4.69, 9.17) is 0 Å². The van der Waals surface area contributed by atoms with E-state index in [9.17, 15) is 13.9 Å². The fraction of sp³-hybridized carbons (Fsp3) is 0.500. The molecule has 1 fully saturated rings. The molecule has 82 valence electrons. The Morgan fingerprint density at radius 1 is 1.40 bits per heavy atom. The van der Waals surface area contributed by atoms with E-state index in [1.165, 1.54) is 0 Å². The maximum atomic E-state index is 13.3. The van der Waals surface area contributed by atoms with Crippen molar-refractivity contribution in [2.24, 2.45) is 11.3 Å². The van der Waals surface area contributed by atoms with E-state index >= 15 is 0 Å². The summed E-state index contributed by atoms with van der Waals surface area (Å²) in [5.74, 6) is -1.01. The highest BCUT2D eigenvalue weighted by Crippen LogP contribution is 2.57. The summed E-state index contributed by atoms with van der Waals surface area (Å²) < 4.78 is 26.2. The minimum Gasteiger partial charge on any atom is -0.388 e. The average molecular weight is 212 g/mol. The largest absolute Gasteiger partial charge is 0.388 e. The van der Waals surface area contributed by atoms with E-state index in [2.05, 4.69) is 0 Å². The molecule has 0 heterocycles. The maximum absolute atomic E-state index is 13.3. The van der Waals surface area contributed by atoms with Gasteiger partial charge in [-0.3, -0.25) is 0 Å². The van der Waals surface area contributed by atoms with Gasteiger partial charge >= 0.3 is 0 Å². The lowest BCUT2D eigenvalue weighted by Crippen LogP contribution is -2.07. The molecule has 2 atom stereocenters. The summed E-state index contributed by atoms with van der Waals surface area (Å²) in [7, 11) is 0. The van der Waals surface area contributed by atoms with Crippen molar-refractivity contribution in [2.45, 2.75) is 26.4 Å². The van der Waals surface area contributed by atoms with Crippen molar-refractivity contribution in [3.05, 3.63) is 35.4 Å². The molecule has 0 amide bonds. The van der Waals surface area contributed by atoms with Gasteiger partial charge in [-0.15, -0.1) is 0 Å². The summed E-state index contributed by atoms with van der Waals surface area (Å²) in [4.78, 5) is 0. The van der Waals surface area contributed by atoms with Crippen LogP contribution in [0.4, 0.5) is 8.78 Å². The Labute approximate surface area is 87.7 Å². The van der Waals surface area contributed by atoms with E-state index in [1.54, 1.807) is 0 Å². The summed E-state index contributed by atoms with van der Waals surface area (Å²) in [5.41, 5.74) is 0.114. The molecule has 0 radical (unpaired) electrons. The highest BCUT2D eigenvalue weighted by atomic mass is 19.1. The van der Waals surface area contributed by atoms with Gasteiger partial charge in [0, 0.05) is 5.56 Å². The van der Waals surface area contributed by atoms with Crippen molar-refractivity contribution in [1.29, 1.82) is 0 Å². The van der Waals surface area contributed by atoms with Crippen molar-refractivity contribution in [1.82, 2.24) is 0 Å². The Hall–Kier alpha value is -0.960. The first-order valence-electron chi connectivity index (χ1n) is 5.05. The number of rotatable bonds is 2. The van der Waals surface area contributed by atoms with Gasteiger partial charge in [-0.25, -0.2) is 8.78 Å². The molecule has 1 aliphatic rings. The Bertz CT molecular complexity index is 387. The molecular formula is C12H14F2O. The Balaban J connectivity index is 2.26. The van der Waals surface area contributed by atoms with E-state index < -0.39 is 17.7 Å². The van der Waals surface area contributed by atoms with Gasteiger partial charge in [0.05, 0.1) is 6.10 Å². The molecule has 1 nitrogen and oxygen atoms in total. The van der Waals surface area contributed by atoms with Crippen LogP contribution in [-0.2, 0) is 0 Å². The summed E-state index contributed by atoms with van der Waals surface area (Å²) in [6.45, 7) is 4.02. The van der Waals surface area contributed by atoms with E-state index in [-0.39, 0.29) is 16.9 Å². The van der Waals surface area contributed by atoms with Gasteiger partial charge in [-0.2, -0.15) is 0 Å². The Morgan fingerprint density at radius 3 is 2.53 bits per heavy atom. The van der Waals surface area contributed by atoms with Crippen LogP contribution in [0.1, 0.15) is 31.9 Å². The van der Waals surface area contributed by atoms with E-state index in [0.717, 1.165) is 24.6 Å². The van der Waals surface area contributed by atoms with Crippen molar-refractivity contribution in [2.75, 3.05) is 0 Å². The third-order valence-electron chi connectivity index (χ3n) is 3.25. The molecule has 3 heteroatoms. The third-order valence-corrected chi connectivity index (χ3v) is 3.25. The smallest absolute Gasteiger partial charge is 0.129 e. The lowest BCUT2D eigenvalue weighted by molar-refractivity contribution is 0.134. The molecule has 0 spiro atoms. The van der Waals surface area contributed by atoms with Crippen LogP contribution in [0.2, 0.25) is 0 Å². The van der Waals surface area contributed by atoms with Gasteiger partial charge < -0.3 is 5.11 Å². The Morgan fingerprint density at radius 2 is 2.00 bits per heavy atom. The van der Waals surface area contributed by atoms with Crippen molar-refractivity contribution >= 4 is 0 Å². The quantitative estimate of drug-likeness (QED) is 0.798. The number of aliphatic hydroxyl groups excluding tert-OH is 1. The van der Waals surface area contributed by atoms with Crippen LogP contribution in [-0.4, -0.2) is 5.11 Å². The van der Waals surface area contributed by atoms with Crippen molar-refractivity contribution < 1.29 is 13.9 Å². The molecule has 1 aliphatic carbocycles. The zero-order valence-corrected chi connectivity index (χ0v) is 8.80. The fourth-order valence-corrected chi connectivity index (χ4v) is 2.00.